The van der Waals surface area contributed by atoms with E-state index in [1.807, 2.05) is 36.4 Å². The van der Waals surface area contributed by atoms with Crippen LogP contribution >= 0.6 is 0 Å². The summed E-state index contributed by atoms with van der Waals surface area (Å²) in [5.41, 5.74) is 4.86. The fraction of sp³-hybridized carbons (Fsp3) is 0.231. The maximum Gasteiger partial charge on any atom is 0.183 e. The Hall–Kier alpha value is -4.44. The molecule has 1 aliphatic heterocycles. The van der Waals surface area contributed by atoms with Crippen molar-refractivity contribution in [2.45, 2.75) is 12.8 Å². The molecule has 0 radical (unpaired) electrons. The lowest BCUT2D eigenvalue weighted by molar-refractivity contribution is -0.118. The molecule has 10 nitrogen and oxygen atoms in total. The molecule has 0 bridgehead atoms. The summed E-state index contributed by atoms with van der Waals surface area (Å²) < 4.78 is 10.8. The zero-order valence-electron chi connectivity index (χ0n) is 19.4. The second kappa shape index (κ2) is 9.67. The molecule has 1 N–H and O–H groups in total. The maximum absolute atomic E-state index is 12.6. The average molecular weight is 482 g/mol. The Morgan fingerprint density at radius 3 is 2.58 bits per heavy atom. The number of nitrogens with one attached hydrogen (secondary N) is 1. The number of fused-ring (bicyclic) bond motifs is 1. The number of rotatable bonds is 7. The van der Waals surface area contributed by atoms with Crippen LogP contribution in [0.5, 0.6) is 0 Å². The molecule has 180 valence electrons. The predicted octanol–water partition coefficient (Wildman–Crippen LogP) is 3.26. The Labute approximate surface area is 206 Å². The molecular weight excluding hydrogens is 458 g/mol. The van der Waals surface area contributed by atoms with Crippen LogP contribution in [0.4, 0.5) is 5.82 Å². The van der Waals surface area contributed by atoms with E-state index < -0.39 is 0 Å². The van der Waals surface area contributed by atoms with Crippen LogP contribution < -0.4 is 4.90 Å². The zero-order chi connectivity index (χ0) is 24.3. The maximum atomic E-state index is 12.6. The lowest BCUT2D eigenvalue weighted by Gasteiger charge is -2.27. The van der Waals surface area contributed by atoms with E-state index in [9.17, 15) is 4.79 Å². The summed E-state index contributed by atoms with van der Waals surface area (Å²) in [6.07, 6.45) is 5.42. The number of aromatic amines is 1. The van der Waals surface area contributed by atoms with Gasteiger partial charge in [0.15, 0.2) is 11.5 Å². The second-order valence-electron chi connectivity index (χ2n) is 8.58. The van der Waals surface area contributed by atoms with Gasteiger partial charge >= 0.3 is 0 Å². The van der Waals surface area contributed by atoms with Crippen LogP contribution in [0, 0.1) is 0 Å². The largest absolute Gasteiger partial charge is 0.378 e. The minimum Gasteiger partial charge on any atom is -0.378 e. The predicted molar refractivity (Wildman–Crippen MR) is 132 cm³/mol. The second-order valence-corrected chi connectivity index (χ2v) is 8.58. The number of ether oxygens (including phenoxy) is 1. The number of nitrogens with zero attached hydrogens (tertiary/aromatic N) is 6. The minimum atomic E-state index is 0.0503. The van der Waals surface area contributed by atoms with Gasteiger partial charge < -0.3 is 19.1 Å². The van der Waals surface area contributed by atoms with E-state index in [0.29, 0.717) is 42.6 Å². The number of morpholine rings is 1. The monoisotopic (exact) mass is 481 g/mol. The first-order valence-corrected chi connectivity index (χ1v) is 11.7. The van der Waals surface area contributed by atoms with Gasteiger partial charge in [0, 0.05) is 49.1 Å². The van der Waals surface area contributed by atoms with Crippen molar-refractivity contribution in [1.82, 2.24) is 30.1 Å². The molecule has 36 heavy (non-hydrogen) atoms. The number of ketones is 1. The van der Waals surface area contributed by atoms with E-state index in [4.69, 9.17) is 9.26 Å². The number of carbonyl (C=O) groups excluding carboxylic acids is 1. The number of Topliss-reactive ketones (excluding diaryl/α,β-unsaturated/α-hetero) is 1. The molecule has 10 heteroatoms. The molecular formula is C26H23N7O3. The third-order valence-electron chi connectivity index (χ3n) is 6.11. The highest BCUT2D eigenvalue weighted by Gasteiger charge is 2.19. The third kappa shape index (κ3) is 4.58. The molecule has 0 saturated carbocycles. The summed E-state index contributed by atoms with van der Waals surface area (Å²) >= 11 is 0. The van der Waals surface area contributed by atoms with E-state index in [2.05, 4.69) is 35.0 Å². The van der Waals surface area contributed by atoms with Crippen molar-refractivity contribution in [1.29, 1.82) is 0 Å². The van der Waals surface area contributed by atoms with Crippen molar-refractivity contribution < 1.29 is 14.1 Å². The molecule has 0 atom stereocenters. The number of H-pyrrole nitrogens is 1. The molecule has 1 saturated heterocycles. The Kier molecular flexibility index (Phi) is 5.92. The summed E-state index contributed by atoms with van der Waals surface area (Å²) in [6.45, 7) is 2.91. The molecule has 0 amide bonds. The summed E-state index contributed by atoms with van der Waals surface area (Å²) in [6, 6.07) is 13.3. The first kappa shape index (κ1) is 22.1. The van der Waals surface area contributed by atoms with Crippen molar-refractivity contribution >= 4 is 22.8 Å². The number of benzene rings is 1. The van der Waals surface area contributed by atoms with Gasteiger partial charge in [0.1, 0.15) is 34.9 Å². The number of aromatic nitrogens is 6. The van der Waals surface area contributed by atoms with E-state index in [1.54, 1.807) is 24.8 Å². The van der Waals surface area contributed by atoms with E-state index in [0.717, 1.165) is 41.1 Å². The number of anilines is 1. The van der Waals surface area contributed by atoms with Gasteiger partial charge in [-0.2, -0.15) is 0 Å². The fourth-order valence-corrected chi connectivity index (χ4v) is 4.29. The van der Waals surface area contributed by atoms with Crippen LogP contribution in [-0.4, -0.2) is 62.2 Å². The Bertz CT molecular complexity index is 1490. The van der Waals surface area contributed by atoms with Gasteiger partial charge in [0.2, 0.25) is 0 Å². The lowest BCUT2D eigenvalue weighted by atomic mass is 10.0. The SMILES string of the molecule is O=C(Cc1ccc(-c2nc3ncnc(N4CCOCC4)c3[nH]2)cc1)Cc1cc(-c2ccncc2)no1. The van der Waals surface area contributed by atoms with Gasteiger partial charge in [0.25, 0.3) is 0 Å². The first-order chi connectivity index (χ1) is 17.7. The van der Waals surface area contributed by atoms with E-state index in [1.165, 1.54) is 0 Å². The van der Waals surface area contributed by atoms with Crippen LogP contribution in [0.2, 0.25) is 0 Å². The normalized spacial score (nSPS) is 13.8. The molecule has 0 unspecified atom stereocenters. The number of hydrogen-bond acceptors (Lipinski definition) is 9. The number of hydrogen-bond donors (Lipinski definition) is 1. The molecule has 5 heterocycles. The highest BCUT2D eigenvalue weighted by molar-refractivity contribution is 5.86. The van der Waals surface area contributed by atoms with Crippen molar-refractivity contribution in [2.75, 3.05) is 31.2 Å². The van der Waals surface area contributed by atoms with Crippen molar-refractivity contribution in [2.24, 2.45) is 0 Å². The van der Waals surface area contributed by atoms with E-state index >= 15 is 0 Å². The highest BCUT2D eigenvalue weighted by atomic mass is 16.5. The molecule has 5 aromatic rings. The van der Waals surface area contributed by atoms with Gasteiger partial charge in [-0.1, -0.05) is 29.4 Å². The van der Waals surface area contributed by atoms with Crippen molar-refractivity contribution in [3.05, 3.63) is 72.5 Å². The van der Waals surface area contributed by atoms with Gasteiger partial charge in [0.05, 0.1) is 19.6 Å². The van der Waals surface area contributed by atoms with Crippen LogP contribution in [0.15, 0.2) is 65.7 Å². The number of imidazole rings is 1. The summed E-state index contributed by atoms with van der Waals surface area (Å²) in [5, 5.41) is 4.06. The summed E-state index contributed by atoms with van der Waals surface area (Å²) in [5.74, 6) is 2.14. The van der Waals surface area contributed by atoms with Gasteiger partial charge in [-0.3, -0.25) is 9.78 Å². The van der Waals surface area contributed by atoms with Crippen molar-refractivity contribution in [3.8, 4) is 22.6 Å². The minimum absolute atomic E-state index is 0.0503. The van der Waals surface area contributed by atoms with Crippen LogP contribution in [-0.2, 0) is 22.4 Å². The Morgan fingerprint density at radius 2 is 1.78 bits per heavy atom. The smallest absolute Gasteiger partial charge is 0.183 e. The number of carbonyl (C=O) groups is 1. The number of pyridine rings is 1. The summed E-state index contributed by atoms with van der Waals surface area (Å²) in [7, 11) is 0. The molecule has 4 aromatic heterocycles. The van der Waals surface area contributed by atoms with E-state index in [-0.39, 0.29) is 12.2 Å². The molecule has 1 fully saturated rings. The van der Waals surface area contributed by atoms with Crippen LogP contribution in [0.25, 0.3) is 33.8 Å². The van der Waals surface area contributed by atoms with Crippen LogP contribution in [0.3, 0.4) is 0 Å². The Morgan fingerprint density at radius 1 is 0.972 bits per heavy atom. The van der Waals surface area contributed by atoms with Crippen molar-refractivity contribution in [3.63, 3.8) is 0 Å². The topological polar surface area (TPSA) is 123 Å². The van der Waals surface area contributed by atoms with Gasteiger partial charge in [-0.15, -0.1) is 0 Å². The quantitative estimate of drug-likeness (QED) is 0.373. The summed E-state index contributed by atoms with van der Waals surface area (Å²) in [4.78, 5) is 35.7. The highest BCUT2D eigenvalue weighted by Crippen LogP contribution is 2.26. The first-order valence-electron chi connectivity index (χ1n) is 11.7. The molecule has 0 spiro atoms. The fourth-order valence-electron chi connectivity index (χ4n) is 4.29. The third-order valence-corrected chi connectivity index (χ3v) is 6.11. The van der Waals surface area contributed by atoms with Crippen LogP contribution in [0.1, 0.15) is 11.3 Å². The molecule has 6 rings (SSSR count). The van der Waals surface area contributed by atoms with Gasteiger partial charge in [-0.25, -0.2) is 15.0 Å². The molecule has 1 aliphatic rings. The standard InChI is InChI=1S/C26H23N7O3/c34-20(14-21-15-22(32-36-21)18-5-7-27-8-6-18)13-17-1-3-19(4-2-17)24-30-23-25(31-24)28-16-29-26(23)33-9-11-35-12-10-33/h1-8,15-16H,9-14H2,(H,28,29,30,31). The Balaban J connectivity index is 1.14. The average Bonchev–Trinajstić information content (AvgIpc) is 3.57. The zero-order valence-corrected chi connectivity index (χ0v) is 19.4. The van der Waals surface area contributed by atoms with Gasteiger partial charge in [-0.05, 0) is 17.7 Å². The molecule has 0 aliphatic carbocycles. The molecule has 1 aromatic carbocycles. The lowest BCUT2D eigenvalue weighted by Crippen LogP contribution is -2.36.